The summed E-state index contributed by atoms with van der Waals surface area (Å²) in [6.07, 6.45) is 2.20. The third-order valence-corrected chi connectivity index (χ3v) is 1.66. The second kappa shape index (κ2) is 8.03. The maximum atomic E-state index is 11.0. The van der Waals surface area contributed by atoms with E-state index in [1.165, 1.54) is 0 Å². The SMILES string of the molecule is C=C(C)C(=O)OCCOC(=O)CCCC. The van der Waals surface area contributed by atoms with E-state index < -0.39 is 5.97 Å². The van der Waals surface area contributed by atoms with Gasteiger partial charge in [-0.15, -0.1) is 0 Å². The first-order valence-electron chi connectivity index (χ1n) is 5.06. The van der Waals surface area contributed by atoms with E-state index >= 15 is 0 Å². The van der Waals surface area contributed by atoms with Gasteiger partial charge in [0.15, 0.2) is 0 Å². The van der Waals surface area contributed by atoms with Crippen molar-refractivity contribution >= 4 is 11.9 Å². The first-order chi connectivity index (χ1) is 7.07. The molecule has 0 rings (SSSR count). The highest BCUT2D eigenvalue weighted by Gasteiger charge is 2.04. The largest absolute Gasteiger partial charge is 0.462 e. The lowest BCUT2D eigenvalue weighted by molar-refractivity contribution is -0.150. The maximum absolute atomic E-state index is 11.0. The molecule has 0 bridgehead atoms. The molecule has 0 aliphatic heterocycles. The Bertz CT molecular complexity index is 233. The van der Waals surface area contributed by atoms with Crippen LogP contribution in [0.2, 0.25) is 0 Å². The molecule has 0 aromatic carbocycles. The molecule has 0 amide bonds. The van der Waals surface area contributed by atoms with Crippen LogP contribution < -0.4 is 0 Å². The lowest BCUT2D eigenvalue weighted by atomic mass is 10.2. The van der Waals surface area contributed by atoms with Crippen molar-refractivity contribution in [3.63, 3.8) is 0 Å². The maximum Gasteiger partial charge on any atom is 0.333 e. The van der Waals surface area contributed by atoms with E-state index in [-0.39, 0.29) is 19.2 Å². The topological polar surface area (TPSA) is 52.6 Å². The molecule has 0 unspecified atom stereocenters. The molecule has 0 heterocycles. The number of hydrogen-bond acceptors (Lipinski definition) is 4. The average molecular weight is 214 g/mol. The lowest BCUT2D eigenvalue weighted by Gasteiger charge is -2.05. The number of hydrogen-bond donors (Lipinski definition) is 0. The Kier molecular flexibility index (Phi) is 7.32. The van der Waals surface area contributed by atoms with Gasteiger partial charge in [-0.1, -0.05) is 19.9 Å². The molecule has 4 heteroatoms. The van der Waals surface area contributed by atoms with Gasteiger partial charge in [0.25, 0.3) is 0 Å². The van der Waals surface area contributed by atoms with Crippen molar-refractivity contribution in [1.29, 1.82) is 0 Å². The molecule has 0 saturated heterocycles. The molecule has 0 N–H and O–H groups in total. The summed E-state index contributed by atoms with van der Waals surface area (Å²) in [6, 6.07) is 0. The molecule has 0 radical (unpaired) electrons. The summed E-state index contributed by atoms with van der Waals surface area (Å²) in [4.78, 5) is 21.9. The minimum absolute atomic E-state index is 0.0869. The molecule has 0 aliphatic carbocycles. The van der Waals surface area contributed by atoms with Gasteiger partial charge in [0.05, 0.1) is 0 Å². The fourth-order valence-electron chi connectivity index (χ4n) is 0.806. The Hall–Kier alpha value is -1.32. The molecular formula is C11H18O4. The van der Waals surface area contributed by atoms with Crippen LogP contribution in [0.1, 0.15) is 33.1 Å². The molecular weight excluding hydrogens is 196 g/mol. The first kappa shape index (κ1) is 13.7. The smallest absolute Gasteiger partial charge is 0.333 e. The van der Waals surface area contributed by atoms with Crippen LogP contribution in [0.15, 0.2) is 12.2 Å². The van der Waals surface area contributed by atoms with Crippen LogP contribution in [0.5, 0.6) is 0 Å². The van der Waals surface area contributed by atoms with Gasteiger partial charge in [0, 0.05) is 12.0 Å². The van der Waals surface area contributed by atoms with Crippen LogP contribution in [-0.4, -0.2) is 25.2 Å². The van der Waals surface area contributed by atoms with E-state index in [0.717, 1.165) is 12.8 Å². The fraction of sp³-hybridized carbons (Fsp3) is 0.636. The Morgan fingerprint density at radius 2 is 1.80 bits per heavy atom. The summed E-state index contributed by atoms with van der Waals surface area (Å²) in [6.45, 7) is 7.19. The van der Waals surface area contributed by atoms with E-state index in [0.29, 0.717) is 12.0 Å². The van der Waals surface area contributed by atoms with Crippen molar-refractivity contribution in [3.05, 3.63) is 12.2 Å². The Morgan fingerprint density at radius 3 is 2.33 bits per heavy atom. The van der Waals surface area contributed by atoms with E-state index in [1.807, 2.05) is 6.92 Å². The van der Waals surface area contributed by atoms with Crippen molar-refractivity contribution in [3.8, 4) is 0 Å². The Labute approximate surface area is 90.2 Å². The van der Waals surface area contributed by atoms with E-state index in [9.17, 15) is 9.59 Å². The molecule has 0 atom stereocenters. The third kappa shape index (κ3) is 7.73. The monoisotopic (exact) mass is 214 g/mol. The van der Waals surface area contributed by atoms with Crippen LogP contribution in [0, 0.1) is 0 Å². The standard InChI is InChI=1S/C11H18O4/c1-4-5-6-10(12)14-7-8-15-11(13)9(2)3/h2,4-8H2,1,3H3. The van der Waals surface area contributed by atoms with Crippen molar-refractivity contribution in [2.45, 2.75) is 33.1 Å². The molecule has 0 spiro atoms. The van der Waals surface area contributed by atoms with Gasteiger partial charge in [0.1, 0.15) is 13.2 Å². The molecule has 0 fully saturated rings. The van der Waals surface area contributed by atoms with Gasteiger partial charge >= 0.3 is 11.9 Å². The highest BCUT2D eigenvalue weighted by atomic mass is 16.6. The quantitative estimate of drug-likeness (QED) is 0.368. The van der Waals surface area contributed by atoms with Crippen LogP contribution in [0.4, 0.5) is 0 Å². The number of carbonyl (C=O) groups is 2. The van der Waals surface area contributed by atoms with Gasteiger partial charge in [-0.05, 0) is 13.3 Å². The normalized spacial score (nSPS) is 9.47. The molecule has 4 nitrogen and oxygen atoms in total. The molecule has 0 aromatic heterocycles. The van der Waals surface area contributed by atoms with Crippen LogP contribution in [0.3, 0.4) is 0 Å². The van der Waals surface area contributed by atoms with Crippen LogP contribution >= 0.6 is 0 Å². The average Bonchev–Trinajstić information content (AvgIpc) is 2.20. The molecule has 86 valence electrons. The van der Waals surface area contributed by atoms with E-state index in [4.69, 9.17) is 9.47 Å². The predicted octanol–water partition coefficient (Wildman–Crippen LogP) is 1.84. The number of rotatable bonds is 7. The zero-order chi connectivity index (χ0) is 11.7. The second-order valence-electron chi connectivity index (χ2n) is 3.24. The summed E-state index contributed by atoms with van der Waals surface area (Å²) < 4.78 is 9.57. The van der Waals surface area contributed by atoms with E-state index in [1.54, 1.807) is 6.92 Å². The zero-order valence-electron chi connectivity index (χ0n) is 9.38. The highest BCUT2D eigenvalue weighted by Crippen LogP contribution is 1.97. The van der Waals surface area contributed by atoms with Crippen molar-refractivity contribution in [2.24, 2.45) is 0 Å². The summed E-state index contributed by atoms with van der Waals surface area (Å²) in [5.74, 6) is -0.706. The number of unbranched alkanes of at least 4 members (excludes halogenated alkanes) is 1. The van der Waals surface area contributed by atoms with Gasteiger partial charge in [-0.2, -0.15) is 0 Å². The van der Waals surface area contributed by atoms with E-state index in [2.05, 4.69) is 6.58 Å². The summed E-state index contributed by atoms with van der Waals surface area (Å²) >= 11 is 0. The summed E-state index contributed by atoms with van der Waals surface area (Å²) in [7, 11) is 0. The minimum Gasteiger partial charge on any atom is -0.462 e. The minimum atomic E-state index is -0.459. The van der Waals surface area contributed by atoms with Crippen LogP contribution in [0.25, 0.3) is 0 Å². The van der Waals surface area contributed by atoms with Gasteiger partial charge in [0.2, 0.25) is 0 Å². The molecule has 0 saturated carbocycles. The van der Waals surface area contributed by atoms with Crippen LogP contribution in [-0.2, 0) is 19.1 Å². The fourth-order valence-corrected chi connectivity index (χ4v) is 0.806. The highest BCUT2D eigenvalue weighted by molar-refractivity contribution is 5.86. The zero-order valence-corrected chi connectivity index (χ0v) is 9.38. The van der Waals surface area contributed by atoms with Crippen molar-refractivity contribution < 1.29 is 19.1 Å². The molecule has 15 heavy (non-hydrogen) atoms. The number of esters is 2. The number of carbonyl (C=O) groups excluding carboxylic acids is 2. The van der Waals surface area contributed by atoms with Gasteiger partial charge in [-0.3, -0.25) is 4.79 Å². The molecule has 0 aliphatic rings. The summed E-state index contributed by atoms with van der Waals surface area (Å²) in [5, 5.41) is 0. The van der Waals surface area contributed by atoms with Crippen molar-refractivity contribution in [2.75, 3.05) is 13.2 Å². The number of ether oxygens (including phenoxy) is 2. The Morgan fingerprint density at radius 1 is 1.20 bits per heavy atom. The Balaban J connectivity index is 3.42. The van der Waals surface area contributed by atoms with Gasteiger partial charge < -0.3 is 9.47 Å². The third-order valence-electron chi connectivity index (χ3n) is 1.66. The second-order valence-corrected chi connectivity index (χ2v) is 3.24. The molecule has 0 aromatic rings. The van der Waals surface area contributed by atoms with Crippen molar-refractivity contribution in [1.82, 2.24) is 0 Å². The summed E-state index contributed by atoms with van der Waals surface area (Å²) in [5.41, 5.74) is 0.340. The van der Waals surface area contributed by atoms with Gasteiger partial charge in [-0.25, -0.2) is 4.79 Å². The predicted molar refractivity (Wildman–Crippen MR) is 56.3 cm³/mol. The lowest BCUT2D eigenvalue weighted by Crippen LogP contribution is -2.13. The first-order valence-corrected chi connectivity index (χ1v) is 5.06.